The molecule has 0 saturated heterocycles. The molecule has 0 fully saturated rings. The van der Waals surface area contributed by atoms with Crippen LogP contribution in [-0.4, -0.2) is 25.2 Å². The van der Waals surface area contributed by atoms with Gasteiger partial charge in [0, 0.05) is 12.8 Å². The number of carbonyl (C=O) groups is 2. The van der Waals surface area contributed by atoms with Crippen LogP contribution >= 0.6 is 0 Å². The lowest BCUT2D eigenvalue weighted by Crippen LogP contribution is -2.14. The molecule has 216 valence electrons. The third-order valence-electron chi connectivity index (χ3n) is 6.30. The van der Waals surface area contributed by atoms with Crippen LogP contribution in [0, 0.1) is 5.92 Å². The zero-order valence-corrected chi connectivity index (χ0v) is 25.8. The average Bonchev–Trinajstić information content (AvgIpc) is 2.84. The van der Waals surface area contributed by atoms with Crippen LogP contribution in [0.25, 0.3) is 0 Å². The molecule has 0 bridgehead atoms. The maximum atomic E-state index is 11.9. The van der Waals surface area contributed by atoms with E-state index in [1.807, 2.05) is 0 Å². The second kappa shape index (κ2) is 22.6. The van der Waals surface area contributed by atoms with Crippen molar-refractivity contribution in [2.45, 2.75) is 126 Å². The van der Waals surface area contributed by atoms with E-state index in [9.17, 15) is 9.59 Å². The Labute approximate surface area is 234 Å². The lowest BCUT2D eigenvalue weighted by atomic mass is 10.0. The van der Waals surface area contributed by atoms with Crippen LogP contribution in [0.15, 0.2) is 58.2 Å². The number of hydrogen-bond donors (Lipinski definition) is 0. The van der Waals surface area contributed by atoms with Crippen molar-refractivity contribution in [3.8, 4) is 0 Å². The molecule has 0 aromatic carbocycles. The Morgan fingerprint density at radius 3 is 1.45 bits per heavy atom. The highest BCUT2D eigenvalue weighted by Crippen LogP contribution is 2.14. The van der Waals surface area contributed by atoms with Crippen molar-refractivity contribution in [2.75, 3.05) is 13.2 Å². The minimum atomic E-state index is -0.218. The van der Waals surface area contributed by atoms with Gasteiger partial charge in [0.15, 0.2) is 0 Å². The molecule has 0 radical (unpaired) electrons. The second-order valence-corrected chi connectivity index (χ2v) is 11.1. The summed E-state index contributed by atoms with van der Waals surface area (Å²) < 4.78 is 10.3. The molecule has 4 nitrogen and oxygen atoms in total. The number of esters is 2. The molecular weight excluding hydrogens is 472 g/mol. The van der Waals surface area contributed by atoms with E-state index >= 15 is 0 Å². The Morgan fingerprint density at radius 2 is 0.974 bits per heavy atom. The number of ether oxygens (including phenoxy) is 2. The first-order chi connectivity index (χ1) is 18.0. The Bertz CT molecular complexity index is 833. The van der Waals surface area contributed by atoms with Crippen LogP contribution in [0.4, 0.5) is 0 Å². The molecule has 0 aromatic rings. The Morgan fingerprint density at radius 1 is 0.553 bits per heavy atom. The predicted octanol–water partition coefficient (Wildman–Crippen LogP) is 9.77. The molecule has 38 heavy (non-hydrogen) atoms. The SMILES string of the molecule is CC(C)=CCC/C(C)=C/CC/C(C)=C/CC/C=C(\C)CC/C=C(\C)CCC(=O)OCCCOC(=O)C(C)C. The summed E-state index contributed by atoms with van der Waals surface area (Å²) in [7, 11) is 0. The number of hydrogen-bond acceptors (Lipinski definition) is 4. The largest absolute Gasteiger partial charge is 0.466 e. The molecule has 0 amide bonds. The fourth-order valence-electron chi connectivity index (χ4n) is 3.70. The third kappa shape index (κ3) is 22.8. The maximum absolute atomic E-state index is 11.9. The Kier molecular flexibility index (Phi) is 21.2. The average molecular weight is 529 g/mol. The number of unbranched alkanes of at least 4 members (excludes halogenated alkanes) is 1. The smallest absolute Gasteiger partial charge is 0.308 e. The zero-order chi connectivity index (χ0) is 28.8. The molecule has 0 spiro atoms. The molecule has 0 N–H and O–H groups in total. The third-order valence-corrected chi connectivity index (χ3v) is 6.30. The van der Waals surface area contributed by atoms with Crippen molar-refractivity contribution in [3.05, 3.63) is 58.2 Å². The highest BCUT2D eigenvalue weighted by atomic mass is 16.5. The molecule has 0 atom stereocenters. The molecule has 0 aliphatic heterocycles. The van der Waals surface area contributed by atoms with Gasteiger partial charge in [-0.05, 0) is 99.3 Å². The number of rotatable bonds is 20. The Balaban J connectivity index is 4.02. The van der Waals surface area contributed by atoms with Gasteiger partial charge in [-0.1, -0.05) is 72.1 Å². The van der Waals surface area contributed by atoms with Crippen LogP contribution in [-0.2, 0) is 19.1 Å². The van der Waals surface area contributed by atoms with E-state index in [0.717, 1.165) is 51.4 Å². The van der Waals surface area contributed by atoms with Gasteiger partial charge < -0.3 is 9.47 Å². The van der Waals surface area contributed by atoms with Crippen LogP contribution in [0.2, 0.25) is 0 Å². The van der Waals surface area contributed by atoms with E-state index in [1.165, 1.54) is 34.3 Å². The van der Waals surface area contributed by atoms with Crippen molar-refractivity contribution in [2.24, 2.45) is 5.92 Å². The van der Waals surface area contributed by atoms with Crippen molar-refractivity contribution >= 4 is 11.9 Å². The van der Waals surface area contributed by atoms with E-state index in [4.69, 9.17) is 9.47 Å². The van der Waals surface area contributed by atoms with Crippen LogP contribution in [0.5, 0.6) is 0 Å². The van der Waals surface area contributed by atoms with E-state index < -0.39 is 0 Å². The van der Waals surface area contributed by atoms with Crippen molar-refractivity contribution in [3.63, 3.8) is 0 Å². The summed E-state index contributed by atoms with van der Waals surface area (Å²) in [6, 6.07) is 0. The summed E-state index contributed by atoms with van der Waals surface area (Å²) in [6.45, 7) is 17.3. The van der Waals surface area contributed by atoms with Gasteiger partial charge in [0.1, 0.15) is 0 Å². The van der Waals surface area contributed by atoms with Gasteiger partial charge in [0.2, 0.25) is 0 Å². The maximum Gasteiger partial charge on any atom is 0.308 e. The summed E-state index contributed by atoms with van der Waals surface area (Å²) in [5.41, 5.74) is 7.03. The van der Waals surface area contributed by atoms with Gasteiger partial charge in [-0.25, -0.2) is 0 Å². The predicted molar refractivity (Wildman–Crippen MR) is 162 cm³/mol. The van der Waals surface area contributed by atoms with Gasteiger partial charge in [0.25, 0.3) is 0 Å². The number of allylic oxidation sites excluding steroid dienone is 10. The number of carbonyl (C=O) groups excluding carboxylic acids is 2. The molecule has 0 unspecified atom stereocenters. The zero-order valence-electron chi connectivity index (χ0n) is 25.8. The van der Waals surface area contributed by atoms with E-state index in [1.54, 1.807) is 13.8 Å². The van der Waals surface area contributed by atoms with E-state index in [-0.39, 0.29) is 17.9 Å². The fraction of sp³-hybridized carbons (Fsp3) is 0.647. The van der Waals surface area contributed by atoms with E-state index in [0.29, 0.717) is 26.1 Å². The van der Waals surface area contributed by atoms with Crippen LogP contribution in [0.1, 0.15) is 126 Å². The van der Waals surface area contributed by atoms with Gasteiger partial charge >= 0.3 is 11.9 Å². The minimum Gasteiger partial charge on any atom is -0.466 e. The Hall–Kier alpha value is -2.36. The first-order valence-corrected chi connectivity index (χ1v) is 14.6. The molecule has 0 rings (SSSR count). The quantitative estimate of drug-likeness (QED) is 0.0896. The van der Waals surface area contributed by atoms with Gasteiger partial charge in [0.05, 0.1) is 19.1 Å². The molecule has 0 aliphatic rings. The lowest BCUT2D eigenvalue weighted by Gasteiger charge is -2.08. The summed E-state index contributed by atoms with van der Waals surface area (Å²) in [5.74, 6) is -0.546. The molecule has 0 heterocycles. The highest BCUT2D eigenvalue weighted by Gasteiger charge is 2.08. The minimum absolute atomic E-state index is 0.131. The first-order valence-electron chi connectivity index (χ1n) is 14.6. The summed E-state index contributed by atoms with van der Waals surface area (Å²) in [4.78, 5) is 23.3. The topological polar surface area (TPSA) is 52.6 Å². The molecule has 0 aromatic heterocycles. The van der Waals surface area contributed by atoms with Crippen LogP contribution < -0.4 is 0 Å². The lowest BCUT2D eigenvalue weighted by molar-refractivity contribution is -0.148. The molecular formula is C34H56O4. The molecule has 4 heteroatoms. The standard InChI is InChI=1S/C34H56O4/c1-27(2)15-11-18-31(7)21-12-19-29(5)16-9-10-17-30(6)20-13-22-32(8)23-24-33(35)37-25-14-26-38-34(36)28(3)4/h15-17,21-22,28H,9-14,18-20,23-26H2,1-8H3/b29-16+,30-17+,31-21+,32-22+. The molecule has 0 aliphatic carbocycles. The van der Waals surface area contributed by atoms with Crippen LogP contribution in [0.3, 0.4) is 0 Å². The molecule has 0 saturated carbocycles. The first kappa shape index (κ1) is 35.6. The van der Waals surface area contributed by atoms with E-state index in [2.05, 4.69) is 71.9 Å². The second-order valence-electron chi connectivity index (χ2n) is 11.1. The summed E-state index contributed by atoms with van der Waals surface area (Å²) in [5, 5.41) is 0. The monoisotopic (exact) mass is 528 g/mol. The summed E-state index contributed by atoms with van der Waals surface area (Å²) in [6.07, 6.45) is 22.2. The van der Waals surface area contributed by atoms with Gasteiger partial charge in [-0.3, -0.25) is 9.59 Å². The fourth-order valence-corrected chi connectivity index (χ4v) is 3.70. The van der Waals surface area contributed by atoms with Gasteiger partial charge in [-0.15, -0.1) is 0 Å². The van der Waals surface area contributed by atoms with Crippen molar-refractivity contribution < 1.29 is 19.1 Å². The van der Waals surface area contributed by atoms with Crippen molar-refractivity contribution in [1.82, 2.24) is 0 Å². The van der Waals surface area contributed by atoms with Gasteiger partial charge in [-0.2, -0.15) is 0 Å². The highest BCUT2D eigenvalue weighted by molar-refractivity contribution is 5.71. The summed E-state index contributed by atoms with van der Waals surface area (Å²) >= 11 is 0. The normalized spacial score (nSPS) is 13.1. The van der Waals surface area contributed by atoms with Crippen molar-refractivity contribution in [1.29, 1.82) is 0 Å².